The van der Waals surface area contributed by atoms with Gasteiger partial charge in [-0.25, -0.2) is 9.67 Å². The monoisotopic (exact) mass is 453 g/mol. The molecule has 0 unspecified atom stereocenters. The zero-order valence-electron chi connectivity index (χ0n) is 17.6. The largest absolute Gasteiger partial charge is 0.497 e. The van der Waals surface area contributed by atoms with Crippen molar-refractivity contribution in [2.24, 2.45) is 7.05 Å². The van der Waals surface area contributed by atoms with Crippen LogP contribution in [-0.2, 0) is 13.6 Å². The van der Waals surface area contributed by atoms with Gasteiger partial charge >= 0.3 is 0 Å². The third-order valence-corrected chi connectivity index (χ3v) is 5.21. The molecule has 0 fully saturated rings. The van der Waals surface area contributed by atoms with Crippen molar-refractivity contribution in [1.82, 2.24) is 24.6 Å². The number of fused-ring (bicyclic) bond motifs is 1. The van der Waals surface area contributed by atoms with E-state index in [-0.39, 0.29) is 28.8 Å². The standard InChI is InChI=1S/C22H20ClN5O4/c1-27-12-25-18-19(21(29)24-11-13-10-16(31-2)8-9-17(13)32-3)26-28(20(18)22(27)30)15-6-4-14(23)5-7-15/h4-10,12H,11H2,1-3H3,(H,24,29). The zero-order chi connectivity index (χ0) is 22.8. The van der Waals surface area contributed by atoms with E-state index in [0.29, 0.717) is 22.2 Å². The SMILES string of the molecule is COc1ccc(OC)c(CNC(=O)c2nn(-c3ccc(Cl)cc3)c3c(=O)n(C)cnc23)c1. The fourth-order valence-corrected chi connectivity index (χ4v) is 3.42. The van der Waals surface area contributed by atoms with E-state index in [2.05, 4.69) is 15.4 Å². The van der Waals surface area contributed by atoms with Crippen LogP contribution in [0.5, 0.6) is 11.5 Å². The van der Waals surface area contributed by atoms with Crippen LogP contribution < -0.4 is 20.3 Å². The molecule has 1 amide bonds. The first kappa shape index (κ1) is 21.4. The molecule has 0 atom stereocenters. The summed E-state index contributed by atoms with van der Waals surface area (Å²) in [6.07, 6.45) is 1.36. The number of halogens is 1. The molecule has 32 heavy (non-hydrogen) atoms. The van der Waals surface area contributed by atoms with Crippen molar-refractivity contribution in [1.29, 1.82) is 0 Å². The second kappa shape index (κ2) is 8.72. The number of nitrogens with one attached hydrogen (secondary N) is 1. The average Bonchev–Trinajstić information content (AvgIpc) is 3.20. The summed E-state index contributed by atoms with van der Waals surface area (Å²) in [7, 11) is 4.70. The summed E-state index contributed by atoms with van der Waals surface area (Å²) in [6.45, 7) is 0.166. The molecule has 0 saturated heterocycles. The molecule has 10 heteroatoms. The van der Waals surface area contributed by atoms with Gasteiger partial charge in [0.2, 0.25) is 0 Å². The number of methoxy groups -OCH3 is 2. The topological polar surface area (TPSA) is 100 Å². The molecule has 0 aliphatic heterocycles. The maximum atomic E-state index is 13.1. The van der Waals surface area contributed by atoms with Gasteiger partial charge in [-0.15, -0.1) is 0 Å². The number of carbonyl (C=O) groups is 1. The van der Waals surface area contributed by atoms with Gasteiger partial charge in [-0.1, -0.05) is 11.6 Å². The number of benzene rings is 2. The lowest BCUT2D eigenvalue weighted by molar-refractivity contribution is 0.0946. The van der Waals surface area contributed by atoms with Crippen molar-refractivity contribution < 1.29 is 14.3 Å². The Morgan fingerprint density at radius 1 is 1.12 bits per heavy atom. The average molecular weight is 454 g/mol. The van der Waals surface area contributed by atoms with Gasteiger partial charge < -0.3 is 19.4 Å². The Bertz CT molecular complexity index is 1360. The highest BCUT2D eigenvalue weighted by molar-refractivity contribution is 6.30. The number of carbonyl (C=O) groups excluding carboxylic acids is 1. The van der Waals surface area contributed by atoms with Gasteiger partial charge in [0.1, 0.15) is 17.0 Å². The molecular weight excluding hydrogens is 434 g/mol. The predicted molar refractivity (Wildman–Crippen MR) is 120 cm³/mol. The Morgan fingerprint density at radius 2 is 1.88 bits per heavy atom. The van der Waals surface area contributed by atoms with Crippen LogP contribution in [0.2, 0.25) is 5.02 Å². The smallest absolute Gasteiger partial charge is 0.279 e. The fourth-order valence-electron chi connectivity index (χ4n) is 3.29. The van der Waals surface area contributed by atoms with Gasteiger partial charge in [0.05, 0.1) is 26.2 Å². The Kier molecular flexibility index (Phi) is 5.83. The van der Waals surface area contributed by atoms with E-state index in [0.717, 1.165) is 5.56 Å². The maximum Gasteiger partial charge on any atom is 0.279 e. The lowest BCUT2D eigenvalue weighted by atomic mass is 10.2. The van der Waals surface area contributed by atoms with Gasteiger partial charge in [0.25, 0.3) is 11.5 Å². The Morgan fingerprint density at radius 3 is 2.56 bits per heavy atom. The number of aryl methyl sites for hydroxylation is 1. The molecule has 164 valence electrons. The highest BCUT2D eigenvalue weighted by atomic mass is 35.5. The number of hydrogen-bond donors (Lipinski definition) is 1. The summed E-state index contributed by atoms with van der Waals surface area (Å²) in [4.78, 5) is 30.2. The second-order valence-electron chi connectivity index (χ2n) is 6.96. The molecule has 2 aromatic carbocycles. The van der Waals surface area contributed by atoms with E-state index in [1.807, 2.05) is 0 Å². The molecule has 0 aliphatic carbocycles. The van der Waals surface area contributed by atoms with Crippen LogP contribution in [0.1, 0.15) is 16.1 Å². The van der Waals surface area contributed by atoms with Crippen LogP contribution in [0.15, 0.2) is 53.6 Å². The first-order valence-electron chi connectivity index (χ1n) is 9.62. The highest BCUT2D eigenvalue weighted by Gasteiger charge is 2.22. The van der Waals surface area contributed by atoms with Crippen molar-refractivity contribution in [3.8, 4) is 17.2 Å². The highest BCUT2D eigenvalue weighted by Crippen LogP contribution is 2.24. The van der Waals surface area contributed by atoms with Crippen LogP contribution in [-0.4, -0.2) is 39.5 Å². The van der Waals surface area contributed by atoms with Crippen LogP contribution in [0.25, 0.3) is 16.7 Å². The Hall–Kier alpha value is -3.85. The lowest BCUT2D eigenvalue weighted by Crippen LogP contribution is -2.24. The molecular formula is C22H20ClN5O4. The number of nitrogens with zero attached hydrogens (tertiary/aromatic N) is 4. The van der Waals surface area contributed by atoms with Gasteiger partial charge in [0, 0.05) is 24.2 Å². The van der Waals surface area contributed by atoms with Crippen molar-refractivity contribution in [2.75, 3.05) is 14.2 Å². The molecule has 4 aromatic rings. The first-order chi connectivity index (χ1) is 15.4. The molecule has 2 heterocycles. The molecule has 1 N–H and O–H groups in total. The maximum absolute atomic E-state index is 13.1. The van der Waals surface area contributed by atoms with E-state index in [1.54, 1.807) is 63.7 Å². The number of amides is 1. The normalized spacial score (nSPS) is 10.9. The Labute approximate surface area is 188 Å². The molecule has 0 bridgehead atoms. The van der Waals surface area contributed by atoms with Crippen LogP contribution >= 0.6 is 11.6 Å². The van der Waals surface area contributed by atoms with E-state index in [4.69, 9.17) is 21.1 Å². The summed E-state index contributed by atoms with van der Waals surface area (Å²) < 4.78 is 13.3. The minimum absolute atomic E-state index is 0.0366. The molecule has 4 rings (SSSR count). The van der Waals surface area contributed by atoms with Crippen LogP contribution in [0, 0.1) is 0 Å². The first-order valence-corrected chi connectivity index (χ1v) is 10.00. The third kappa shape index (κ3) is 3.90. The number of aromatic nitrogens is 4. The van der Waals surface area contributed by atoms with E-state index in [9.17, 15) is 9.59 Å². The van der Waals surface area contributed by atoms with Gasteiger partial charge in [-0.3, -0.25) is 9.59 Å². The van der Waals surface area contributed by atoms with Gasteiger partial charge in [-0.2, -0.15) is 5.10 Å². The third-order valence-electron chi connectivity index (χ3n) is 4.96. The number of hydrogen-bond acceptors (Lipinski definition) is 6. The number of ether oxygens (including phenoxy) is 2. The lowest BCUT2D eigenvalue weighted by Gasteiger charge is -2.11. The van der Waals surface area contributed by atoms with Crippen LogP contribution in [0.3, 0.4) is 0 Å². The molecule has 0 spiro atoms. The van der Waals surface area contributed by atoms with Gasteiger partial charge in [-0.05, 0) is 42.5 Å². The molecule has 0 saturated carbocycles. The molecule has 0 radical (unpaired) electrons. The van der Waals surface area contributed by atoms with Crippen molar-refractivity contribution in [3.05, 3.63) is 75.4 Å². The summed E-state index contributed by atoms with van der Waals surface area (Å²) in [6, 6.07) is 12.1. The number of rotatable bonds is 6. The summed E-state index contributed by atoms with van der Waals surface area (Å²) >= 11 is 5.98. The summed E-state index contributed by atoms with van der Waals surface area (Å²) in [5.41, 5.74) is 1.42. The summed E-state index contributed by atoms with van der Waals surface area (Å²) in [5.74, 6) is 0.765. The Balaban J connectivity index is 1.73. The van der Waals surface area contributed by atoms with E-state index < -0.39 is 5.91 Å². The second-order valence-corrected chi connectivity index (χ2v) is 7.39. The quantitative estimate of drug-likeness (QED) is 0.482. The molecule has 2 aromatic heterocycles. The van der Waals surface area contributed by atoms with Crippen molar-refractivity contribution in [3.63, 3.8) is 0 Å². The molecule has 0 aliphatic rings. The van der Waals surface area contributed by atoms with E-state index in [1.165, 1.54) is 15.6 Å². The van der Waals surface area contributed by atoms with Gasteiger partial charge in [0.15, 0.2) is 11.2 Å². The van der Waals surface area contributed by atoms with E-state index >= 15 is 0 Å². The predicted octanol–water partition coefficient (Wildman–Crippen LogP) is 2.72. The fraction of sp³-hybridized carbons (Fsp3) is 0.182. The van der Waals surface area contributed by atoms with Crippen molar-refractivity contribution >= 4 is 28.5 Å². The minimum Gasteiger partial charge on any atom is -0.497 e. The zero-order valence-corrected chi connectivity index (χ0v) is 18.4. The minimum atomic E-state index is -0.478. The molecule has 9 nitrogen and oxygen atoms in total. The summed E-state index contributed by atoms with van der Waals surface area (Å²) in [5, 5.41) is 7.77. The van der Waals surface area contributed by atoms with Crippen LogP contribution in [0.4, 0.5) is 0 Å². The van der Waals surface area contributed by atoms with Crippen molar-refractivity contribution in [2.45, 2.75) is 6.54 Å².